The van der Waals surface area contributed by atoms with Crippen molar-refractivity contribution in [3.8, 4) is 5.75 Å². The second kappa shape index (κ2) is 11.7. The van der Waals surface area contributed by atoms with Crippen LogP contribution in [0.3, 0.4) is 0 Å². The molecule has 0 fully saturated rings. The zero-order valence-corrected chi connectivity index (χ0v) is 22.4. The molecule has 12 heteroatoms. The summed E-state index contributed by atoms with van der Waals surface area (Å²) in [4.78, 5) is 28.0. The van der Waals surface area contributed by atoms with Crippen LogP contribution in [0.4, 0.5) is 0 Å². The predicted octanol–water partition coefficient (Wildman–Crippen LogP) is 3.93. The van der Waals surface area contributed by atoms with E-state index in [2.05, 4.69) is 20.2 Å². The van der Waals surface area contributed by atoms with Gasteiger partial charge in [-0.25, -0.2) is 13.1 Å². The Bertz CT molecular complexity index is 1540. The molecule has 0 saturated heterocycles. The number of hydrogen-bond acceptors (Lipinski definition) is 7. The Kier molecular flexibility index (Phi) is 8.38. The minimum absolute atomic E-state index is 0.0422. The van der Waals surface area contributed by atoms with Gasteiger partial charge in [0.1, 0.15) is 11.4 Å². The number of H-pyrrole nitrogens is 1. The number of fused-ring (bicyclic) bond motifs is 1. The number of aromatic nitrogens is 2. The Labute approximate surface area is 224 Å². The van der Waals surface area contributed by atoms with Crippen LogP contribution in [0.25, 0.3) is 10.9 Å². The topological polar surface area (TPSA) is 143 Å². The molecular formula is C26H27ClN4O6S. The maximum Gasteiger partial charge on any atom is 0.289 e. The van der Waals surface area contributed by atoms with Crippen molar-refractivity contribution in [2.45, 2.75) is 26.7 Å². The van der Waals surface area contributed by atoms with Crippen LogP contribution < -0.4 is 14.8 Å². The molecule has 2 aromatic heterocycles. The number of rotatable bonds is 11. The van der Waals surface area contributed by atoms with Crippen molar-refractivity contribution in [1.29, 1.82) is 0 Å². The summed E-state index contributed by atoms with van der Waals surface area (Å²) < 4.78 is 37.8. The Hall–Kier alpha value is -3.83. The van der Waals surface area contributed by atoms with Crippen molar-refractivity contribution >= 4 is 44.3 Å². The van der Waals surface area contributed by atoms with Crippen LogP contribution in [-0.2, 0) is 16.4 Å². The molecule has 0 spiro atoms. The zero-order valence-electron chi connectivity index (χ0n) is 20.8. The number of sulfonamides is 1. The standard InChI is InChI=1S/C26H27ClN4O6S/c1-16-14-18(15-17(2)23(16)27)36-12-5-7-20-19-6-3-4-8-21(19)30-24(20)26(33)31-38(34,35)13-11-28-25(32)22-9-10-29-37-22/h3-4,6,8-10,14-15,30H,5,7,11-13H2,1-2H3,(H,28,32)(H,31,33). The molecule has 0 unspecified atom stereocenters. The number of benzene rings is 2. The van der Waals surface area contributed by atoms with E-state index in [4.69, 9.17) is 20.9 Å². The third-order valence-electron chi connectivity index (χ3n) is 5.86. The molecule has 2 heterocycles. The Morgan fingerprint density at radius 2 is 1.84 bits per heavy atom. The van der Waals surface area contributed by atoms with Crippen molar-refractivity contribution in [2.24, 2.45) is 0 Å². The van der Waals surface area contributed by atoms with Crippen molar-refractivity contribution in [1.82, 2.24) is 20.2 Å². The molecule has 4 rings (SSSR count). The number of aryl methyl sites for hydroxylation is 3. The van der Waals surface area contributed by atoms with Gasteiger partial charge >= 0.3 is 0 Å². The second-order valence-corrected chi connectivity index (χ2v) is 10.9. The first kappa shape index (κ1) is 27.2. The van der Waals surface area contributed by atoms with Gasteiger partial charge in [0.05, 0.1) is 18.6 Å². The second-order valence-electron chi connectivity index (χ2n) is 8.73. The van der Waals surface area contributed by atoms with Crippen LogP contribution in [0.5, 0.6) is 5.75 Å². The zero-order chi connectivity index (χ0) is 27.3. The van der Waals surface area contributed by atoms with Crippen molar-refractivity contribution in [3.63, 3.8) is 0 Å². The lowest BCUT2D eigenvalue weighted by molar-refractivity contribution is 0.0919. The van der Waals surface area contributed by atoms with E-state index >= 15 is 0 Å². The maximum absolute atomic E-state index is 13.0. The Morgan fingerprint density at radius 3 is 2.55 bits per heavy atom. The first-order chi connectivity index (χ1) is 18.1. The highest BCUT2D eigenvalue weighted by molar-refractivity contribution is 7.90. The lowest BCUT2D eigenvalue weighted by Gasteiger charge is -2.11. The van der Waals surface area contributed by atoms with Gasteiger partial charge in [-0.2, -0.15) is 0 Å². The van der Waals surface area contributed by atoms with E-state index in [0.717, 1.165) is 16.5 Å². The first-order valence-corrected chi connectivity index (χ1v) is 13.9. The van der Waals surface area contributed by atoms with Crippen LogP contribution in [0.2, 0.25) is 5.02 Å². The lowest BCUT2D eigenvalue weighted by atomic mass is 10.1. The van der Waals surface area contributed by atoms with E-state index in [0.29, 0.717) is 41.3 Å². The maximum atomic E-state index is 13.0. The molecule has 0 aliphatic heterocycles. The number of carbonyl (C=O) groups is 2. The summed E-state index contributed by atoms with van der Waals surface area (Å²) in [6, 6.07) is 12.5. The van der Waals surface area contributed by atoms with E-state index in [1.807, 2.05) is 50.2 Å². The number of nitrogens with one attached hydrogen (secondary N) is 3. The van der Waals surface area contributed by atoms with Crippen molar-refractivity contribution in [3.05, 3.63) is 81.8 Å². The molecule has 38 heavy (non-hydrogen) atoms. The summed E-state index contributed by atoms with van der Waals surface area (Å²) in [6.45, 7) is 4.00. The molecular weight excluding hydrogens is 532 g/mol. The molecule has 200 valence electrons. The summed E-state index contributed by atoms with van der Waals surface area (Å²) in [5.74, 6) is -1.21. The molecule has 0 bridgehead atoms. The number of ether oxygens (including phenoxy) is 1. The van der Waals surface area contributed by atoms with Gasteiger partial charge in [0, 0.05) is 28.5 Å². The van der Waals surface area contributed by atoms with Crippen LogP contribution in [-0.4, -0.2) is 49.3 Å². The average molecular weight is 559 g/mol. The summed E-state index contributed by atoms with van der Waals surface area (Å²) in [6.07, 6.45) is 2.37. The molecule has 2 amide bonds. The normalized spacial score (nSPS) is 11.4. The summed E-state index contributed by atoms with van der Waals surface area (Å²) in [5, 5.41) is 7.37. The van der Waals surface area contributed by atoms with Gasteiger partial charge in [-0.15, -0.1) is 0 Å². The summed E-state index contributed by atoms with van der Waals surface area (Å²) >= 11 is 6.23. The molecule has 0 saturated carbocycles. The lowest BCUT2D eigenvalue weighted by Crippen LogP contribution is -2.37. The minimum Gasteiger partial charge on any atom is -0.494 e. The fourth-order valence-electron chi connectivity index (χ4n) is 4.04. The predicted molar refractivity (Wildman–Crippen MR) is 143 cm³/mol. The van der Waals surface area contributed by atoms with Gasteiger partial charge in [0.2, 0.25) is 15.8 Å². The highest BCUT2D eigenvalue weighted by atomic mass is 35.5. The number of para-hydroxylation sites is 1. The first-order valence-electron chi connectivity index (χ1n) is 11.9. The molecule has 0 aliphatic carbocycles. The highest BCUT2D eigenvalue weighted by Crippen LogP contribution is 2.27. The van der Waals surface area contributed by atoms with E-state index in [1.54, 1.807) is 0 Å². The van der Waals surface area contributed by atoms with Gasteiger partial charge in [0.25, 0.3) is 11.8 Å². The van der Waals surface area contributed by atoms with E-state index in [9.17, 15) is 18.0 Å². The smallest absolute Gasteiger partial charge is 0.289 e. The number of carbonyl (C=O) groups excluding carboxylic acids is 2. The van der Waals surface area contributed by atoms with E-state index in [-0.39, 0.29) is 18.0 Å². The number of halogens is 1. The van der Waals surface area contributed by atoms with E-state index in [1.165, 1.54) is 12.3 Å². The molecule has 2 aromatic carbocycles. The summed E-state index contributed by atoms with van der Waals surface area (Å²) in [7, 11) is -4.04. The Balaban J connectivity index is 1.40. The van der Waals surface area contributed by atoms with Crippen molar-refractivity contribution < 1.29 is 27.3 Å². The van der Waals surface area contributed by atoms with Crippen molar-refractivity contribution in [2.75, 3.05) is 18.9 Å². The SMILES string of the molecule is Cc1cc(OCCCc2c(C(=O)NS(=O)(=O)CCNC(=O)c3ccno3)[nH]c3ccccc23)cc(C)c1Cl. The van der Waals surface area contributed by atoms with Crippen LogP contribution in [0, 0.1) is 13.8 Å². The summed E-state index contributed by atoms with van der Waals surface area (Å²) in [5.41, 5.74) is 3.43. The van der Waals surface area contributed by atoms with Crippen LogP contribution >= 0.6 is 11.6 Å². The molecule has 0 aliphatic rings. The van der Waals surface area contributed by atoms with Gasteiger partial charge in [-0.3, -0.25) is 9.59 Å². The van der Waals surface area contributed by atoms with Crippen LogP contribution in [0.15, 0.2) is 53.2 Å². The molecule has 10 nitrogen and oxygen atoms in total. The Morgan fingerprint density at radius 1 is 1.11 bits per heavy atom. The van der Waals surface area contributed by atoms with Gasteiger partial charge in [-0.1, -0.05) is 35.0 Å². The van der Waals surface area contributed by atoms with Gasteiger partial charge in [-0.05, 0) is 61.6 Å². The fraction of sp³-hybridized carbons (Fsp3) is 0.269. The third kappa shape index (κ3) is 6.53. The van der Waals surface area contributed by atoms with Crippen LogP contribution in [0.1, 0.15) is 44.2 Å². The highest BCUT2D eigenvalue weighted by Gasteiger charge is 2.22. The fourth-order valence-corrected chi connectivity index (χ4v) is 5.01. The third-order valence-corrected chi connectivity index (χ3v) is 7.69. The monoisotopic (exact) mass is 558 g/mol. The molecule has 3 N–H and O–H groups in total. The molecule has 4 aromatic rings. The minimum atomic E-state index is -4.04. The quantitative estimate of drug-likeness (QED) is 0.237. The number of hydrogen-bond donors (Lipinski definition) is 3. The average Bonchev–Trinajstić information content (AvgIpc) is 3.53. The molecule has 0 atom stereocenters. The van der Waals surface area contributed by atoms with Gasteiger partial charge < -0.3 is 19.6 Å². The van der Waals surface area contributed by atoms with Gasteiger partial charge in [0.15, 0.2) is 0 Å². The number of nitrogens with zero attached hydrogens (tertiary/aromatic N) is 1. The largest absolute Gasteiger partial charge is 0.494 e. The van der Waals surface area contributed by atoms with E-state index < -0.39 is 27.6 Å². The number of amides is 2. The number of aromatic amines is 1. The molecule has 0 radical (unpaired) electrons.